The maximum Gasteiger partial charge on any atom is 0.385 e. The Balaban J connectivity index is 2.20. The van der Waals surface area contributed by atoms with Crippen LogP contribution in [0.25, 0.3) is 0 Å². The molecule has 84 valence electrons. The summed E-state index contributed by atoms with van der Waals surface area (Å²) in [5.74, 6) is -1.19. The minimum Gasteiger partial charge on any atom is -0.492 e. The Morgan fingerprint density at radius 3 is 2.56 bits per heavy atom. The number of aromatic hydroxyl groups is 2. The molecule has 2 N–H and O–H groups in total. The number of carbonyl (C=O) groups is 1. The minimum absolute atomic E-state index is 0.0509. The third-order valence-corrected chi connectivity index (χ3v) is 1.81. The number of nitrogens with zero attached hydrogens (tertiary/aromatic N) is 2. The maximum atomic E-state index is 11.4. The van der Waals surface area contributed by atoms with Gasteiger partial charge in [-0.25, -0.2) is 4.79 Å². The van der Waals surface area contributed by atoms with Crippen LogP contribution in [-0.4, -0.2) is 26.1 Å². The molecular formula is C9H8N2O5. The van der Waals surface area contributed by atoms with E-state index in [-0.39, 0.29) is 5.69 Å². The molecule has 2 rings (SSSR count). The van der Waals surface area contributed by atoms with E-state index >= 15 is 0 Å². The first-order valence-corrected chi connectivity index (χ1v) is 4.33. The third-order valence-electron chi connectivity index (χ3n) is 1.81. The van der Waals surface area contributed by atoms with Gasteiger partial charge in [0, 0.05) is 18.2 Å². The molecule has 0 spiro atoms. The lowest BCUT2D eigenvalue weighted by Gasteiger charge is -2.04. The van der Waals surface area contributed by atoms with E-state index in [9.17, 15) is 15.0 Å². The summed E-state index contributed by atoms with van der Waals surface area (Å²) in [4.78, 5) is 16.1. The van der Waals surface area contributed by atoms with Crippen molar-refractivity contribution in [1.82, 2.24) is 9.89 Å². The molecule has 2 aromatic rings. The molecule has 0 amide bonds. The van der Waals surface area contributed by atoms with Gasteiger partial charge < -0.3 is 19.6 Å². The van der Waals surface area contributed by atoms with Gasteiger partial charge in [-0.2, -0.15) is 0 Å². The molecule has 0 aliphatic heterocycles. The van der Waals surface area contributed by atoms with Crippen LogP contribution >= 0.6 is 0 Å². The summed E-state index contributed by atoms with van der Waals surface area (Å²) in [6, 6.07) is 3.73. The van der Waals surface area contributed by atoms with Crippen molar-refractivity contribution in [2.45, 2.75) is 6.92 Å². The van der Waals surface area contributed by atoms with Crippen LogP contribution in [0.2, 0.25) is 0 Å². The zero-order valence-corrected chi connectivity index (χ0v) is 8.25. The molecule has 0 radical (unpaired) electrons. The highest BCUT2D eigenvalue weighted by Gasteiger charge is 2.17. The van der Waals surface area contributed by atoms with Crippen LogP contribution in [0.4, 0.5) is 0 Å². The van der Waals surface area contributed by atoms with Gasteiger partial charge in [0.15, 0.2) is 5.69 Å². The van der Waals surface area contributed by atoms with Crippen LogP contribution in [0, 0.1) is 6.92 Å². The second kappa shape index (κ2) is 3.61. The van der Waals surface area contributed by atoms with E-state index < -0.39 is 17.7 Å². The Kier molecular flexibility index (Phi) is 2.28. The summed E-state index contributed by atoms with van der Waals surface area (Å²) in [5.41, 5.74) is -0.0509. The highest BCUT2D eigenvalue weighted by molar-refractivity contribution is 5.87. The summed E-state index contributed by atoms with van der Waals surface area (Å²) in [7, 11) is 0. The molecule has 0 saturated carbocycles. The van der Waals surface area contributed by atoms with Crippen molar-refractivity contribution in [3.8, 4) is 11.8 Å². The molecule has 0 aliphatic carbocycles. The van der Waals surface area contributed by atoms with Crippen molar-refractivity contribution in [3.05, 3.63) is 29.7 Å². The Bertz CT molecular complexity index is 508. The van der Waals surface area contributed by atoms with Gasteiger partial charge in [-0.15, -0.1) is 4.73 Å². The monoisotopic (exact) mass is 224 g/mol. The van der Waals surface area contributed by atoms with E-state index in [1.807, 2.05) is 0 Å². The molecule has 0 saturated heterocycles. The summed E-state index contributed by atoms with van der Waals surface area (Å²) < 4.78 is 5.26. The predicted molar refractivity (Wildman–Crippen MR) is 49.9 cm³/mol. The number of hydrogen-bond acceptors (Lipinski definition) is 6. The predicted octanol–water partition coefficient (Wildman–Crippen LogP) is 0.465. The van der Waals surface area contributed by atoms with Gasteiger partial charge in [-0.3, -0.25) is 0 Å². The van der Waals surface area contributed by atoms with E-state index in [0.717, 1.165) is 0 Å². The van der Waals surface area contributed by atoms with Gasteiger partial charge in [-0.1, -0.05) is 5.16 Å². The molecule has 2 aromatic heterocycles. The normalized spacial score (nSPS) is 10.3. The molecule has 16 heavy (non-hydrogen) atoms. The Morgan fingerprint density at radius 1 is 1.44 bits per heavy atom. The molecule has 0 bridgehead atoms. The zero-order valence-electron chi connectivity index (χ0n) is 8.25. The van der Waals surface area contributed by atoms with Gasteiger partial charge in [-0.05, 0) is 6.92 Å². The van der Waals surface area contributed by atoms with Gasteiger partial charge in [0.05, 0.1) is 0 Å². The largest absolute Gasteiger partial charge is 0.492 e. The first-order valence-electron chi connectivity index (χ1n) is 4.33. The van der Waals surface area contributed by atoms with Crippen LogP contribution in [-0.2, 0) is 0 Å². The lowest BCUT2D eigenvalue weighted by molar-refractivity contribution is 0.0370. The van der Waals surface area contributed by atoms with Crippen LogP contribution in [0.1, 0.15) is 16.2 Å². The van der Waals surface area contributed by atoms with E-state index in [2.05, 4.69) is 14.5 Å². The summed E-state index contributed by atoms with van der Waals surface area (Å²) in [6.45, 7) is 1.62. The van der Waals surface area contributed by atoms with Gasteiger partial charge in [0.2, 0.25) is 11.8 Å². The fourth-order valence-electron chi connectivity index (χ4n) is 1.09. The number of aromatic nitrogens is 2. The molecular weight excluding hydrogens is 216 g/mol. The second-order valence-corrected chi connectivity index (χ2v) is 3.05. The molecule has 7 heteroatoms. The van der Waals surface area contributed by atoms with E-state index in [4.69, 9.17) is 0 Å². The first kappa shape index (κ1) is 10.1. The quantitative estimate of drug-likeness (QED) is 0.769. The number of carbonyl (C=O) groups excluding carboxylic acids is 1. The molecule has 0 aliphatic rings. The van der Waals surface area contributed by atoms with E-state index in [1.165, 1.54) is 18.2 Å². The standard InChI is InChI=1S/C9H8N2O5/c1-5-4-6(10-15-5)9(14)16-11-7(12)2-3-8(11)13/h2-4,12-13H,1H3. The van der Waals surface area contributed by atoms with Crippen molar-refractivity contribution in [2.24, 2.45) is 0 Å². The van der Waals surface area contributed by atoms with Crippen molar-refractivity contribution >= 4 is 5.97 Å². The van der Waals surface area contributed by atoms with Crippen molar-refractivity contribution in [2.75, 3.05) is 0 Å². The first-order chi connectivity index (χ1) is 7.58. The van der Waals surface area contributed by atoms with Crippen LogP contribution in [0.5, 0.6) is 11.8 Å². The van der Waals surface area contributed by atoms with E-state index in [0.29, 0.717) is 10.5 Å². The van der Waals surface area contributed by atoms with Gasteiger partial charge >= 0.3 is 5.97 Å². The van der Waals surface area contributed by atoms with Crippen molar-refractivity contribution in [3.63, 3.8) is 0 Å². The van der Waals surface area contributed by atoms with Crippen molar-refractivity contribution < 1.29 is 24.4 Å². The average Bonchev–Trinajstić information content (AvgIpc) is 2.79. The smallest absolute Gasteiger partial charge is 0.385 e. The number of aryl methyl sites for hydroxylation is 1. The molecule has 0 fully saturated rings. The zero-order chi connectivity index (χ0) is 11.7. The number of hydrogen-bond donors (Lipinski definition) is 2. The SMILES string of the molecule is Cc1cc(C(=O)On2c(O)ccc2O)no1. The summed E-state index contributed by atoms with van der Waals surface area (Å²) in [5, 5.41) is 21.9. The molecule has 0 unspecified atom stereocenters. The number of rotatable bonds is 2. The highest BCUT2D eigenvalue weighted by atomic mass is 16.7. The third kappa shape index (κ3) is 1.70. The average molecular weight is 224 g/mol. The van der Waals surface area contributed by atoms with Crippen LogP contribution in [0.15, 0.2) is 22.7 Å². The Morgan fingerprint density at radius 2 is 2.06 bits per heavy atom. The lowest BCUT2D eigenvalue weighted by atomic mass is 10.4. The van der Waals surface area contributed by atoms with Crippen LogP contribution in [0.3, 0.4) is 0 Å². The fourth-order valence-corrected chi connectivity index (χ4v) is 1.09. The topological polar surface area (TPSA) is 97.7 Å². The molecule has 0 atom stereocenters. The Labute approximate surface area is 89.4 Å². The van der Waals surface area contributed by atoms with Crippen LogP contribution < -0.4 is 4.84 Å². The second-order valence-electron chi connectivity index (χ2n) is 3.05. The van der Waals surface area contributed by atoms with Gasteiger partial charge in [0.25, 0.3) is 0 Å². The van der Waals surface area contributed by atoms with Crippen molar-refractivity contribution in [1.29, 1.82) is 0 Å². The van der Waals surface area contributed by atoms with Gasteiger partial charge in [0.1, 0.15) is 5.76 Å². The fraction of sp³-hybridized carbons (Fsp3) is 0.111. The molecule has 2 heterocycles. The highest BCUT2D eigenvalue weighted by Crippen LogP contribution is 2.19. The maximum absolute atomic E-state index is 11.4. The minimum atomic E-state index is -0.848. The summed E-state index contributed by atoms with van der Waals surface area (Å²) in [6.07, 6.45) is 0. The summed E-state index contributed by atoms with van der Waals surface area (Å²) >= 11 is 0. The molecule has 0 aromatic carbocycles. The Hall–Kier alpha value is -2.44. The molecule has 7 nitrogen and oxygen atoms in total. The van der Waals surface area contributed by atoms with E-state index in [1.54, 1.807) is 6.92 Å². The lowest BCUT2D eigenvalue weighted by Crippen LogP contribution is -2.19.